The van der Waals surface area contributed by atoms with Gasteiger partial charge in [0, 0.05) is 18.0 Å². The van der Waals surface area contributed by atoms with Crippen molar-refractivity contribution in [1.82, 2.24) is 25.1 Å². The molecule has 1 aromatic carbocycles. The minimum absolute atomic E-state index is 0.0809. The van der Waals surface area contributed by atoms with E-state index < -0.39 is 36.6 Å². The van der Waals surface area contributed by atoms with E-state index in [0.717, 1.165) is 0 Å². The Labute approximate surface area is 209 Å². The molecule has 2 heterocycles. The van der Waals surface area contributed by atoms with Gasteiger partial charge in [0.15, 0.2) is 12.4 Å². The van der Waals surface area contributed by atoms with Crippen molar-refractivity contribution in [3.63, 3.8) is 0 Å². The van der Waals surface area contributed by atoms with Gasteiger partial charge in [-0.1, -0.05) is 6.07 Å². The van der Waals surface area contributed by atoms with E-state index in [0.29, 0.717) is 29.1 Å². The highest BCUT2D eigenvalue weighted by Gasteiger charge is 2.42. The molecule has 37 heavy (non-hydrogen) atoms. The zero-order valence-corrected chi connectivity index (χ0v) is 20.1. The van der Waals surface area contributed by atoms with Gasteiger partial charge in [-0.05, 0) is 62.6 Å². The first-order chi connectivity index (χ1) is 17.4. The van der Waals surface area contributed by atoms with Gasteiger partial charge in [0.05, 0.1) is 5.56 Å². The molecule has 0 aliphatic heterocycles. The summed E-state index contributed by atoms with van der Waals surface area (Å²) >= 11 is 0. The summed E-state index contributed by atoms with van der Waals surface area (Å²) in [6.45, 7) is 3.87. The third-order valence-electron chi connectivity index (χ3n) is 5.81. The Bertz CT molecular complexity index is 1320. The van der Waals surface area contributed by atoms with Gasteiger partial charge in [0.25, 0.3) is 5.91 Å². The van der Waals surface area contributed by atoms with Gasteiger partial charge in [0.1, 0.15) is 23.7 Å². The normalized spacial score (nSPS) is 17.0. The van der Waals surface area contributed by atoms with E-state index >= 15 is 0 Å². The lowest BCUT2D eigenvalue weighted by Crippen LogP contribution is -2.31. The fraction of sp³-hybridized carbons (Fsp3) is 0.375. The fourth-order valence-electron chi connectivity index (χ4n) is 3.92. The zero-order valence-electron chi connectivity index (χ0n) is 20.1. The van der Waals surface area contributed by atoms with Crippen molar-refractivity contribution in [2.45, 2.75) is 51.4 Å². The number of rotatable bonds is 7. The molecule has 0 spiro atoms. The third-order valence-corrected chi connectivity index (χ3v) is 5.81. The number of carbonyl (C=O) groups excluding carboxylic acids is 2. The molecule has 2 atom stereocenters. The van der Waals surface area contributed by atoms with Gasteiger partial charge >= 0.3 is 12.3 Å². The maximum atomic E-state index is 14.7. The molecular weight excluding hydrogens is 496 g/mol. The SMILES string of the molecule is Cc1cc(F)c(C(=O)Nc2cccc(-c3nncn3C(C)C)n2)cc1C1CC1NC(=O)OCC(F)(F)F. The highest BCUT2D eigenvalue weighted by Crippen LogP contribution is 2.43. The number of benzene rings is 1. The average Bonchev–Trinajstić information content (AvgIpc) is 3.37. The predicted octanol–water partition coefficient (Wildman–Crippen LogP) is 4.77. The zero-order chi connectivity index (χ0) is 26.9. The number of aromatic nitrogens is 4. The number of alkyl carbamates (subject to hydrolysis) is 1. The quantitative estimate of drug-likeness (QED) is 0.435. The number of nitrogens with one attached hydrogen (secondary N) is 2. The van der Waals surface area contributed by atoms with Crippen LogP contribution in [0.15, 0.2) is 36.7 Å². The molecule has 9 nitrogen and oxygen atoms in total. The number of ether oxygens (including phenoxy) is 1. The topological polar surface area (TPSA) is 111 Å². The molecule has 2 N–H and O–H groups in total. The molecule has 0 saturated heterocycles. The van der Waals surface area contributed by atoms with E-state index in [4.69, 9.17) is 0 Å². The van der Waals surface area contributed by atoms with Crippen molar-refractivity contribution in [3.05, 3.63) is 59.2 Å². The predicted molar refractivity (Wildman–Crippen MR) is 124 cm³/mol. The highest BCUT2D eigenvalue weighted by molar-refractivity contribution is 6.04. The number of pyridine rings is 1. The van der Waals surface area contributed by atoms with Crippen LogP contribution in [0.3, 0.4) is 0 Å². The van der Waals surface area contributed by atoms with Crippen LogP contribution in [0, 0.1) is 12.7 Å². The molecule has 1 aliphatic rings. The standard InChI is InChI=1S/C24H24F4N6O3/c1-12(2)34-11-29-33-21(34)18-5-4-6-20(30-18)32-22(35)16-8-14(13(3)7-17(16)25)15-9-19(15)31-23(36)37-10-24(26,27)28/h4-8,11-12,15,19H,9-10H2,1-3H3,(H,31,36)(H,30,32,35). The number of halogens is 4. The van der Waals surface area contributed by atoms with E-state index in [-0.39, 0.29) is 23.3 Å². The van der Waals surface area contributed by atoms with Crippen molar-refractivity contribution in [2.75, 3.05) is 11.9 Å². The summed E-state index contributed by atoms with van der Waals surface area (Å²) in [6, 6.07) is 7.12. The summed E-state index contributed by atoms with van der Waals surface area (Å²) < 4.78 is 57.4. The molecule has 2 aromatic heterocycles. The molecule has 0 radical (unpaired) electrons. The average molecular weight is 520 g/mol. The van der Waals surface area contributed by atoms with Crippen LogP contribution in [0.5, 0.6) is 0 Å². The fourth-order valence-corrected chi connectivity index (χ4v) is 3.92. The Morgan fingerprint density at radius 3 is 2.70 bits per heavy atom. The summed E-state index contributed by atoms with van der Waals surface area (Å²) in [6.07, 6.45) is -3.83. The van der Waals surface area contributed by atoms with Crippen LogP contribution >= 0.6 is 0 Å². The first-order valence-electron chi connectivity index (χ1n) is 11.4. The Balaban J connectivity index is 1.47. The number of anilines is 1. The number of hydrogen-bond acceptors (Lipinski definition) is 6. The highest BCUT2D eigenvalue weighted by atomic mass is 19.4. The molecule has 0 bridgehead atoms. The van der Waals surface area contributed by atoms with Gasteiger partial charge in [-0.2, -0.15) is 13.2 Å². The smallest absolute Gasteiger partial charge is 0.422 e. The van der Waals surface area contributed by atoms with Gasteiger partial charge in [0.2, 0.25) is 0 Å². The summed E-state index contributed by atoms with van der Waals surface area (Å²) in [5, 5.41) is 12.9. The van der Waals surface area contributed by atoms with E-state index in [1.165, 1.54) is 12.1 Å². The maximum Gasteiger partial charge on any atom is 0.422 e. The van der Waals surface area contributed by atoms with Crippen LogP contribution in [0.2, 0.25) is 0 Å². The lowest BCUT2D eigenvalue weighted by molar-refractivity contribution is -0.160. The lowest BCUT2D eigenvalue weighted by Gasteiger charge is -2.13. The molecule has 3 aromatic rings. The summed E-state index contributed by atoms with van der Waals surface area (Å²) in [7, 11) is 0. The Kier molecular flexibility index (Phi) is 7.14. The van der Waals surface area contributed by atoms with E-state index in [9.17, 15) is 27.2 Å². The van der Waals surface area contributed by atoms with Gasteiger partial charge < -0.3 is 19.9 Å². The summed E-state index contributed by atoms with van der Waals surface area (Å²) in [4.78, 5) is 29.0. The van der Waals surface area contributed by atoms with Crippen LogP contribution in [-0.2, 0) is 4.74 Å². The Hall–Kier alpha value is -4.03. The van der Waals surface area contributed by atoms with Crippen LogP contribution < -0.4 is 10.6 Å². The number of carbonyl (C=O) groups is 2. The van der Waals surface area contributed by atoms with E-state index in [2.05, 4.69) is 30.6 Å². The second-order valence-electron chi connectivity index (χ2n) is 8.99. The second kappa shape index (κ2) is 10.1. The lowest BCUT2D eigenvalue weighted by atomic mass is 10.00. The molecule has 2 amide bonds. The van der Waals surface area contributed by atoms with Crippen LogP contribution in [0.25, 0.3) is 11.5 Å². The molecule has 2 unspecified atom stereocenters. The largest absolute Gasteiger partial charge is 0.440 e. The van der Waals surface area contributed by atoms with Crippen LogP contribution in [-0.4, -0.2) is 50.6 Å². The monoisotopic (exact) mass is 520 g/mol. The van der Waals surface area contributed by atoms with Crippen molar-refractivity contribution in [1.29, 1.82) is 0 Å². The number of aryl methyl sites for hydroxylation is 1. The number of nitrogens with zero attached hydrogens (tertiary/aromatic N) is 4. The molecule has 13 heteroatoms. The maximum absolute atomic E-state index is 14.7. The Morgan fingerprint density at radius 2 is 2.00 bits per heavy atom. The second-order valence-corrected chi connectivity index (χ2v) is 8.99. The van der Waals surface area contributed by atoms with Gasteiger partial charge in [-0.3, -0.25) is 4.79 Å². The summed E-state index contributed by atoms with van der Waals surface area (Å²) in [5.41, 5.74) is 1.38. The molecule has 196 valence electrons. The molecule has 4 rings (SSSR count). The molecule has 1 saturated carbocycles. The van der Waals surface area contributed by atoms with Crippen LogP contribution in [0.4, 0.5) is 28.2 Å². The Morgan fingerprint density at radius 1 is 1.24 bits per heavy atom. The van der Waals surface area contributed by atoms with Gasteiger partial charge in [-0.25, -0.2) is 14.2 Å². The minimum Gasteiger partial charge on any atom is -0.440 e. The minimum atomic E-state index is -4.63. The van der Waals surface area contributed by atoms with Crippen molar-refractivity contribution >= 4 is 17.8 Å². The van der Waals surface area contributed by atoms with E-state index in [1.807, 2.05) is 18.4 Å². The summed E-state index contributed by atoms with van der Waals surface area (Å²) in [5.74, 6) is -1.08. The molecule has 1 aliphatic carbocycles. The van der Waals surface area contributed by atoms with E-state index in [1.54, 1.807) is 31.5 Å². The first kappa shape index (κ1) is 26.0. The first-order valence-corrected chi connectivity index (χ1v) is 11.4. The van der Waals surface area contributed by atoms with Gasteiger partial charge in [-0.15, -0.1) is 10.2 Å². The number of hydrogen-bond donors (Lipinski definition) is 2. The van der Waals surface area contributed by atoms with Crippen LogP contribution in [0.1, 0.15) is 53.7 Å². The van der Waals surface area contributed by atoms with Crippen molar-refractivity contribution in [2.24, 2.45) is 0 Å². The van der Waals surface area contributed by atoms with Crippen molar-refractivity contribution < 1.29 is 31.9 Å². The molecule has 1 fully saturated rings. The third kappa shape index (κ3) is 6.22. The number of amides is 2. The number of alkyl halides is 3. The molecular formula is C24H24F4N6O3. The van der Waals surface area contributed by atoms with Crippen molar-refractivity contribution in [3.8, 4) is 11.5 Å².